The first kappa shape index (κ1) is 13.9. The molecule has 2 rings (SSSR count). The second-order valence-corrected chi connectivity index (χ2v) is 6.36. The lowest BCUT2D eigenvalue weighted by Gasteiger charge is -2.24. The lowest BCUT2D eigenvalue weighted by molar-refractivity contribution is -0.131. The molecule has 2 N–H and O–H groups in total. The van der Waals surface area contributed by atoms with Crippen LogP contribution in [0.15, 0.2) is 18.2 Å². The van der Waals surface area contributed by atoms with Gasteiger partial charge in [0.25, 0.3) is 0 Å². The molecule has 19 heavy (non-hydrogen) atoms. The minimum Gasteiger partial charge on any atom is -0.399 e. The molecule has 0 aromatic heterocycles. The second kappa shape index (κ2) is 5.24. The third-order valence-corrected chi connectivity index (χ3v) is 4.28. The third-order valence-electron chi connectivity index (χ3n) is 4.28. The first-order valence-corrected chi connectivity index (χ1v) is 7.01. The number of hydrogen-bond donors (Lipinski definition) is 1. The van der Waals surface area contributed by atoms with Gasteiger partial charge in [0, 0.05) is 25.2 Å². The molecule has 0 bridgehead atoms. The summed E-state index contributed by atoms with van der Waals surface area (Å²) in [5.74, 6) is 0.271. The molecule has 1 fully saturated rings. The van der Waals surface area contributed by atoms with Gasteiger partial charge in [-0.2, -0.15) is 0 Å². The summed E-state index contributed by atoms with van der Waals surface area (Å²) in [5, 5.41) is 0. The Morgan fingerprint density at radius 1 is 1.32 bits per heavy atom. The van der Waals surface area contributed by atoms with Gasteiger partial charge in [-0.3, -0.25) is 4.79 Å². The Labute approximate surface area is 115 Å². The quantitative estimate of drug-likeness (QED) is 0.830. The molecule has 0 atom stereocenters. The zero-order valence-corrected chi connectivity index (χ0v) is 12.2. The molecule has 3 heteroatoms. The standard InChI is InChI=1S/C16H24N2O/c1-12-13(5-4-6-14(12)17)11-18-10-9-16(2,3)8-7-15(18)19/h4-6H,7-11,17H2,1-3H3. The Kier molecular flexibility index (Phi) is 3.83. The fourth-order valence-corrected chi connectivity index (χ4v) is 2.54. The molecule has 0 saturated carbocycles. The summed E-state index contributed by atoms with van der Waals surface area (Å²) in [6, 6.07) is 5.94. The van der Waals surface area contributed by atoms with E-state index in [1.165, 1.54) is 0 Å². The molecule has 1 saturated heterocycles. The van der Waals surface area contributed by atoms with Crippen LogP contribution in [0.4, 0.5) is 5.69 Å². The summed E-state index contributed by atoms with van der Waals surface area (Å²) in [6.07, 6.45) is 2.71. The van der Waals surface area contributed by atoms with Crippen molar-refractivity contribution in [2.24, 2.45) is 5.41 Å². The maximum Gasteiger partial charge on any atom is 0.222 e. The number of likely N-dealkylation sites (tertiary alicyclic amines) is 1. The predicted molar refractivity (Wildman–Crippen MR) is 78.6 cm³/mol. The third kappa shape index (κ3) is 3.28. The normalized spacial score (nSPS) is 19.3. The molecule has 104 valence electrons. The van der Waals surface area contributed by atoms with Crippen molar-refractivity contribution < 1.29 is 4.79 Å². The average Bonchev–Trinajstić information content (AvgIpc) is 2.48. The number of hydrogen-bond acceptors (Lipinski definition) is 2. The maximum absolute atomic E-state index is 12.2. The Hall–Kier alpha value is -1.51. The first-order chi connectivity index (χ1) is 8.89. The van der Waals surface area contributed by atoms with E-state index in [0.29, 0.717) is 13.0 Å². The number of nitrogens with zero attached hydrogens (tertiary/aromatic N) is 1. The highest BCUT2D eigenvalue weighted by molar-refractivity contribution is 5.76. The van der Waals surface area contributed by atoms with Gasteiger partial charge >= 0.3 is 0 Å². The molecule has 1 amide bonds. The fraction of sp³-hybridized carbons (Fsp3) is 0.562. The van der Waals surface area contributed by atoms with Gasteiger partial charge in [0.2, 0.25) is 5.91 Å². The van der Waals surface area contributed by atoms with Crippen molar-refractivity contribution in [3.8, 4) is 0 Å². The average molecular weight is 260 g/mol. The predicted octanol–water partition coefficient (Wildman–Crippen LogP) is 3.12. The van der Waals surface area contributed by atoms with Crippen molar-refractivity contribution in [1.29, 1.82) is 0 Å². The zero-order valence-electron chi connectivity index (χ0n) is 12.2. The van der Waals surface area contributed by atoms with Crippen LogP contribution in [-0.4, -0.2) is 17.4 Å². The molecule has 0 aliphatic carbocycles. The molecule has 1 aromatic carbocycles. The Morgan fingerprint density at radius 2 is 2.05 bits per heavy atom. The molecule has 3 nitrogen and oxygen atoms in total. The number of nitrogens with two attached hydrogens (primary N) is 1. The van der Waals surface area contributed by atoms with Crippen LogP contribution in [0.2, 0.25) is 0 Å². The molecule has 1 heterocycles. The monoisotopic (exact) mass is 260 g/mol. The topological polar surface area (TPSA) is 46.3 Å². The van der Waals surface area contributed by atoms with Crippen molar-refractivity contribution in [3.05, 3.63) is 29.3 Å². The van der Waals surface area contributed by atoms with E-state index >= 15 is 0 Å². The Bertz CT molecular complexity index is 480. The lowest BCUT2D eigenvalue weighted by Crippen LogP contribution is -2.30. The Balaban J connectivity index is 2.14. The summed E-state index contributed by atoms with van der Waals surface area (Å²) in [7, 11) is 0. The van der Waals surface area contributed by atoms with Crippen molar-refractivity contribution in [3.63, 3.8) is 0 Å². The van der Waals surface area contributed by atoms with Gasteiger partial charge in [0.05, 0.1) is 0 Å². The first-order valence-electron chi connectivity index (χ1n) is 7.01. The van der Waals surface area contributed by atoms with Crippen LogP contribution in [0.25, 0.3) is 0 Å². The van der Waals surface area contributed by atoms with Gasteiger partial charge in [-0.25, -0.2) is 0 Å². The van der Waals surface area contributed by atoms with E-state index in [4.69, 9.17) is 5.73 Å². The van der Waals surface area contributed by atoms with Crippen LogP contribution in [0, 0.1) is 12.3 Å². The molecular formula is C16H24N2O. The zero-order chi connectivity index (χ0) is 14.0. The van der Waals surface area contributed by atoms with E-state index in [9.17, 15) is 4.79 Å². The van der Waals surface area contributed by atoms with Crippen LogP contribution < -0.4 is 5.73 Å². The van der Waals surface area contributed by atoms with Crippen LogP contribution >= 0.6 is 0 Å². The molecule has 0 unspecified atom stereocenters. The summed E-state index contributed by atoms with van der Waals surface area (Å²) in [5.41, 5.74) is 9.27. The number of anilines is 1. The fourth-order valence-electron chi connectivity index (χ4n) is 2.54. The van der Waals surface area contributed by atoms with E-state index in [0.717, 1.165) is 36.2 Å². The van der Waals surface area contributed by atoms with Gasteiger partial charge in [0.15, 0.2) is 0 Å². The van der Waals surface area contributed by atoms with Crippen LogP contribution in [0.1, 0.15) is 44.2 Å². The van der Waals surface area contributed by atoms with E-state index in [-0.39, 0.29) is 11.3 Å². The molecule has 1 aromatic rings. The second-order valence-electron chi connectivity index (χ2n) is 6.36. The van der Waals surface area contributed by atoms with Gasteiger partial charge in [-0.1, -0.05) is 26.0 Å². The number of amides is 1. The number of carbonyl (C=O) groups is 1. The SMILES string of the molecule is Cc1c(N)cccc1CN1CCC(C)(C)CCC1=O. The Morgan fingerprint density at radius 3 is 2.79 bits per heavy atom. The molecule has 1 aliphatic rings. The minimum atomic E-state index is 0.271. The highest BCUT2D eigenvalue weighted by Gasteiger charge is 2.27. The van der Waals surface area contributed by atoms with Gasteiger partial charge in [-0.15, -0.1) is 0 Å². The number of benzene rings is 1. The number of nitrogen functional groups attached to an aromatic ring is 1. The molecule has 0 spiro atoms. The van der Waals surface area contributed by atoms with Crippen molar-refractivity contribution in [2.45, 2.75) is 46.6 Å². The van der Waals surface area contributed by atoms with Crippen LogP contribution in [-0.2, 0) is 11.3 Å². The largest absolute Gasteiger partial charge is 0.399 e. The van der Waals surface area contributed by atoms with Crippen LogP contribution in [0.5, 0.6) is 0 Å². The number of rotatable bonds is 2. The summed E-state index contributed by atoms with van der Waals surface area (Å²) in [4.78, 5) is 14.2. The molecule has 0 radical (unpaired) electrons. The minimum absolute atomic E-state index is 0.271. The maximum atomic E-state index is 12.2. The van der Waals surface area contributed by atoms with Gasteiger partial charge < -0.3 is 10.6 Å². The number of carbonyl (C=O) groups excluding carboxylic acids is 1. The summed E-state index contributed by atoms with van der Waals surface area (Å²) in [6.45, 7) is 8.05. The van der Waals surface area contributed by atoms with E-state index < -0.39 is 0 Å². The summed E-state index contributed by atoms with van der Waals surface area (Å²) < 4.78 is 0. The van der Waals surface area contributed by atoms with Crippen molar-refractivity contribution >= 4 is 11.6 Å². The van der Waals surface area contributed by atoms with E-state index in [2.05, 4.69) is 19.9 Å². The van der Waals surface area contributed by atoms with Gasteiger partial charge in [-0.05, 0) is 42.4 Å². The van der Waals surface area contributed by atoms with Crippen molar-refractivity contribution in [1.82, 2.24) is 4.90 Å². The van der Waals surface area contributed by atoms with E-state index in [1.54, 1.807) is 0 Å². The molecular weight excluding hydrogens is 236 g/mol. The van der Waals surface area contributed by atoms with E-state index in [1.807, 2.05) is 24.0 Å². The highest BCUT2D eigenvalue weighted by atomic mass is 16.2. The smallest absolute Gasteiger partial charge is 0.222 e. The molecule has 1 aliphatic heterocycles. The summed E-state index contributed by atoms with van der Waals surface area (Å²) >= 11 is 0. The lowest BCUT2D eigenvalue weighted by atomic mass is 9.85. The van der Waals surface area contributed by atoms with Gasteiger partial charge in [0.1, 0.15) is 0 Å². The van der Waals surface area contributed by atoms with Crippen molar-refractivity contribution in [2.75, 3.05) is 12.3 Å². The van der Waals surface area contributed by atoms with Crippen LogP contribution in [0.3, 0.4) is 0 Å². The highest BCUT2D eigenvalue weighted by Crippen LogP contribution is 2.31.